The molecule has 25 heavy (non-hydrogen) atoms. The van der Waals surface area contributed by atoms with Crippen LogP contribution >= 0.6 is 0 Å². The smallest absolute Gasteiger partial charge is 0.243 e. The number of aromatic nitrogens is 2. The fraction of sp³-hybridized carbons (Fsp3) is 0.500. The van der Waals surface area contributed by atoms with Gasteiger partial charge in [-0.15, -0.1) is 0 Å². The van der Waals surface area contributed by atoms with E-state index >= 15 is 0 Å². The lowest BCUT2D eigenvalue weighted by atomic mass is 9.98. The summed E-state index contributed by atoms with van der Waals surface area (Å²) in [4.78, 5) is 2.49. The summed E-state index contributed by atoms with van der Waals surface area (Å²) in [5, 5.41) is 4.17. The van der Waals surface area contributed by atoms with Gasteiger partial charge in [0.15, 0.2) is 0 Å². The summed E-state index contributed by atoms with van der Waals surface area (Å²) in [5.74, 6) is 0.387. The minimum Gasteiger partial charge on any atom is -0.305 e. The maximum absolute atomic E-state index is 13.0. The van der Waals surface area contributed by atoms with Gasteiger partial charge in [-0.3, -0.25) is 0 Å². The van der Waals surface area contributed by atoms with Crippen molar-refractivity contribution in [1.82, 2.24) is 19.0 Å². The quantitative estimate of drug-likeness (QED) is 0.791. The van der Waals surface area contributed by atoms with Crippen LogP contribution in [0.1, 0.15) is 19.8 Å². The van der Waals surface area contributed by atoms with Crippen molar-refractivity contribution in [3.63, 3.8) is 0 Å². The predicted molar refractivity (Wildman–Crippen MR) is 98.2 cm³/mol. The van der Waals surface area contributed by atoms with Crippen molar-refractivity contribution in [2.75, 3.05) is 27.2 Å². The van der Waals surface area contributed by atoms with Crippen LogP contribution in [0.3, 0.4) is 0 Å². The Morgan fingerprint density at radius 3 is 2.48 bits per heavy atom. The highest BCUT2D eigenvalue weighted by atomic mass is 32.2. The van der Waals surface area contributed by atoms with Crippen LogP contribution in [0.4, 0.5) is 0 Å². The monoisotopic (exact) mass is 362 g/mol. The second-order valence-electron chi connectivity index (χ2n) is 6.85. The van der Waals surface area contributed by atoms with Crippen molar-refractivity contribution in [3.05, 3.63) is 42.7 Å². The Labute approximate surface area is 150 Å². The zero-order valence-corrected chi connectivity index (χ0v) is 15.9. The second-order valence-corrected chi connectivity index (χ2v) is 8.78. The third kappa shape index (κ3) is 3.63. The first-order valence-corrected chi connectivity index (χ1v) is 10.1. The Balaban J connectivity index is 1.82. The van der Waals surface area contributed by atoms with Gasteiger partial charge >= 0.3 is 0 Å². The number of hydrogen-bond donors (Lipinski definition) is 0. The molecule has 1 aromatic heterocycles. The molecule has 1 saturated heterocycles. The number of hydrogen-bond acceptors (Lipinski definition) is 4. The fourth-order valence-electron chi connectivity index (χ4n) is 3.59. The van der Waals surface area contributed by atoms with E-state index in [-0.39, 0.29) is 6.04 Å². The van der Waals surface area contributed by atoms with E-state index in [0.717, 1.165) is 18.5 Å². The molecule has 3 rings (SSSR count). The van der Waals surface area contributed by atoms with E-state index in [1.54, 1.807) is 39.4 Å². The molecule has 2 atom stereocenters. The highest BCUT2D eigenvalue weighted by molar-refractivity contribution is 7.89. The molecule has 0 spiro atoms. The molecule has 136 valence electrons. The Morgan fingerprint density at radius 1 is 1.20 bits per heavy atom. The van der Waals surface area contributed by atoms with Crippen LogP contribution in [0.2, 0.25) is 0 Å². The van der Waals surface area contributed by atoms with Crippen molar-refractivity contribution in [2.45, 2.75) is 30.7 Å². The summed E-state index contributed by atoms with van der Waals surface area (Å²) < 4.78 is 29.4. The summed E-state index contributed by atoms with van der Waals surface area (Å²) in [7, 11) is 0.595. The lowest BCUT2D eigenvalue weighted by Gasteiger charge is -2.24. The summed E-state index contributed by atoms with van der Waals surface area (Å²) >= 11 is 0. The van der Waals surface area contributed by atoms with Gasteiger partial charge in [0.2, 0.25) is 10.0 Å². The molecule has 0 amide bonds. The minimum absolute atomic E-state index is 0.276. The second kappa shape index (κ2) is 7.27. The molecule has 1 aliphatic heterocycles. The number of sulfonamides is 1. The fourth-order valence-corrected chi connectivity index (χ4v) is 5.11. The minimum atomic E-state index is -3.46. The third-order valence-corrected chi connectivity index (χ3v) is 6.79. The standard InChI is InChI=1S/C18H26N4O2S/c1-4-6-15-13-21(14-18(15)20(2)3)25(23,24)17-9-7-16(8-10-17)22-12-5-11-19-22/h5,7-12,15,18H,4,6,13-14H2,1-3H3. The highest BCUT2D eigenvalue weighted by Crippen LogP contribution is 2.29. The van der Waals surface area contributed by atoms with Crippen LogP contribution in [0.15, 0.2) is 47.6 Å². The topological polar surface area (TPSA) is 58.4 Å². The molecule has 1 fully saturated rings. The van der Waals surface area contributed by atoms with Crippen molar-refractivity contribution in [2.24, 2.45) is 5.92 Å². The molecule has 0 aliphatic carbocycles. The van der Waals surface area contributed by atoms with E-state index in [0.29, 0.717) is 23.9 Å². The summed E-state index contributed by atoms with van der Waals surface area (Å²) in [5.41, 5.74) is 0.848. The maximum Gasteiger partial charge on any atom is 0.243 e. The van der Waals surface area contributed by atoms with E-state index < -0.39 is 10.0 Å². The van der Waals surface area contributed by atoms with E-state index in [9.17, 15) is 8.42 Å². The lowest BCUT2D eigenvalue weighted by Crippen LogP contribution is -2.36. The molecule has 0 saturated carbocycles. The highest BCUT2D eigenvalue weighted by Gasteiger charge is 2.39. The molecule has 0 radical (unpaired) electrons. The van der Waals surface area contributed by atoms with Crippen LogP contribution in [-0.2, 0) is 10.0 Å². The van der Waals surface area contributed by atoms with Crippen LogP contribution in [0.5, 0.6) is 0 Å². The van der Waals surface area contributed by atoms with Crippen LogP contribution in [0, 0.1) is 5.92 Å². The van der Waals surface area contributed by atoms with Crippen LogP contribution < -0.4 is 0 Å². The number of likely N-dealkylation sites (N-methyl/N-ethyl adjacent to an activating group) is 1. The van der Waals surface area contributed by atoms with E-state index in [2.05, 4.69) is 16.9 Å². The molecular formula is C18H26N4O2S. The Hall–Kier alpha value is -1.70. The average Bonchev–Trinajstić information content (AvgIpc) is 3.25. The van der Waals surface area contributed by atoms with Gasteiger partial charge in [-0.05, 0) is 56.8 Å². The lowest BCUT2D eigenvalue weighted by molar-refractivity contribution is 0.244. The molecule has 6 nitrogen and oxygen atoms in total. The molecule has 2 heterocycles. The van der Waals surface area contributed by atoms with Crippen molar-refractivity contribution in [3.8, 4) is 5.69 Å². The van der Waals surface area contributed by atoms with E-state index in [1.165, 1.54) is 0 Å². The summed E-state index contributed by atoms with van der Waals surface area (Å²) in [6.45, 7) is 3.30. The van der Waals surface area contributed by atoms with E-state index in [4.69, 9.17) is 0 Å². The molecule has 1 aromatic carbocycles. The average molecular weight is 362 g/mol. The molecule has 0 N–H and O–H groups in total. The molecular weight excluding hydrogens is 336 g/mol. The molecule has 1 aliphatic rings. The first kappa shape index (κ1) is 18.1. The zero-order valence-electron chi connectivity index (χ0n) is 15.0. The first-order chi connectivity index (χ1) is 11.9. The normalized spacial score (nSPS) is 21.9. The van der Waals surface area contributed by atoms with Gasteiger partial charge in [0, 0.05) is 31.5 Å². The van der Waals surface area contributed by atoms with Crippen molar-refractivity contribution in [1.29, 1.82) is 0 Å². The van der Waals surface area contributed by atoms with Gasteiger partial charge in [-0.1, -0.05) is 13.3 Å². The maximum atomic E-state index is 13.0. The Morgan fingerprint density at radius 2 is 1.92 bits per heavy atom. The van der Waals surface area contributed by atoms with Gasteiger partial charge in [0.05, 0.1) is 10.6 Å². The first-order valence-electron chi connectivity index (χ1n) is 8.70. The van der Waals surface area contributed by atoms with Gasteiger partial charge in [-0.2, -0.15) is 9.40 Å². The predicted octanol–water partition coefficient (Wildman–Crippen LogP) is 2.22. The van der Waals surface area contributed by atoms with Crippen LogP contribution in [-0.4, -0.2) is 60.6 Å². The number of rotatable bonds is 6. The largest absolute Gasteiger partial charge is 0.305 e. The SMILES string of the molecule is CCCC1CN(S(=O)(=O)c2ccc(-n3cccn3)cc2)CC1N(C)C. The van der Waals surface area contributed by atoms with Gasteiger partial charge in [0.25, 0.3) is 0 Å². The number of nitrogens with zero attached hydrogens (tertiary/aromatic N) is 4. The molecule has 2 aromatic rings. The zero-order chi connectivity index (χ0) is 18.0. The third-order valence-electron chi connectivity index (χ3n) is 4.94. The summed E-state index contributed by atoms with van der Waals surface area (Å²) in [6.07, 6.45) is 5.65. The molecule has 7 heteroatoms. The van der Waals surface area contributed by atoms with Gasteiger partial charge < -0.3 is 4.90 Å². The molecule has 0 bridgehead atoms. The van der Waals surface area contributed by atoms with Gasteiger partial charge in [-0.25, -0.2) is 13.1 Å². The molecule has 2 unspecified atom stereocenters. The summed E-state index contributed by atoms with van der Waals surface area (Å²) in [6, 6.07) is 9.04. The van der Waals surface area contributed by atoms with Gasteiger partial charge in [0.1, 0.15) is 0 Å². The Bertz CT molecular complexity index is 785. The van der Waals surface area contributed by atoms with Crippen molar-refractivity contribution < 1.29 is 8.42 Å². The van der Waals surface area contributed by atoms with Crippen LogP contribution in [0.25, 0.3) is 5.69 Å². The van der Waals surface area contributed by atoms with Crippen molar-refractivity contribution >= 4 is 10.0 Å². The number of benzene rings is 1. The Kier molecular flexibility index (Phi) is 5.27. The van der Waals surface area contributed by atoms with E-state index in [1.807, 2.05) is 26.4 Å².